The zero-order valence-corrected chi connectivity index (χ0v) is 14.6. The van der Waals surface area contributed by atoms with E-state index < -0.39 is 0 Å². The van der Waals surface area contributed by atoms with Crippen LogP contribution in [0.4, 0.5) is 10.1 Å². The van der Waals surface area contributed by atoms with E-state index in [0.717, 1.165) is 5.56 Å². The smallest absolute Gasteiger partial charge is 0.251 e. The fourth-order valence-corrected chi connectivity index (χ4v) is 3.10. The van der Waals surface area contributed by atoms with Crippen LogP contribution in [-0.2, 0) is 13.1 Å². The molecule has 1 heterocycles. The first-order chi connectivity index (χ1) is 12.6. The first kappa shape index (κ1) is 18.4. The van der Waals surface area contributed by atoms with Crippen LogP contribution >= 0.6 is 0 Å². The van der Waals surface area contributed by atoms with E-state index in [-0.39, 0.29) is 24.4 Å². The summed E-state index contributed by atoms with van der Waals surface area (Å²) >= 11 is 0. The number of anilines is 1. The molecule has 0 aromatic heterocycles. The Kier molecular flexibility index (Phi) is 5.85. The van der Waals surface area contributed by atoms with Crippen LogP contribution in [-0.4, -0.2) is 30.2 Å². The van der Waals surface area contributed by atoms with Gasteiger partial charge in [-0.05, 0) is 48.2 Å². The summed E-state index contributed by atoms with van der Waals surface area (Å²) in [5, 5.41) is 12.4. The number of rotatable bonds is 5. The zero-order chi connectivity index (χ0) is 18.5. The van der Waals surface area contributed by atoms with Crippen molar-refractivity contribution in [1.29, 1.82) is 0 Å². The highest BCUT2D eigenvalue weighted by atomic mass is 19.1. The van der Waals surface area contributed by atoms with Crippen molar-refractivity contribution < 1.29 is 14.3 Å². The Morgan fingerprint density at radius 2 is 1.81 bits per heavy atom. The van der Waals surface area contributed by atoms with Gasteiger partial charge in [-0.25, -0.2) is 4.39 Å². The van der Waals surface area contributed by atoms with Crippen LogP contribution < -0.4 is 16.0 Å². The van der Waals surface area contributed by atoms with Gasteiger partial charge in [0.25, 0.3) is 5.91 Å². The first-order valence-electron chi connectivity index (χ1n) is 8.85. The van der Waals surface area contributed by atoms with Crippen molar-refractivity contribution in [2.24, 2.45) is 5.73 Å². The number of nitrogens with zero attached hydrogens (tertiary/aromatic N) is 1. The highest BCUT2D eigenvalue weighted by Gasteiger charge is 2.19. The number of carbonyl (C=O) groups is 1. The third kappa shape index (κ3) is 4.39. The van der Waals surface area contributed by atoms with E-state index in [2.05, 4.69) is 5.32 Å². The van der Waals surface area contributed by atoms with Gasteiger partial charge in [-0.3, -0.25) is 4.79 Å². The van der Waals surface area contributed by atoms with Crippen LogP contribution in [0, 0.1) is 5.82 Å². The van der Waals surface area contributed by atoms with E-state index in [1.165, 1.54) is 6.07 Å². The molecule has 1 aliphatic rings. The number of halogens is 1. The van der Waals surface area contributed by atoms with E-state index in [0.29, 0.717) is 49.3 Å². The second-order valence-corrected chi connectivity index (χ2v) is 6.59. The van der Waals surface area contributed by atoms with Gasteiger partial charge in [-0.1, -0.05) is 18.2 Å². The predicted octanol–water partition coefficient (Wildman–Crippen LogP) is 2.18. The van der Waals surface area contributed by atoms with Gasteiger partial charge in [0.1, 0.15) is 5.82 Å². The Morgan fingerprint density at radius 3 is 2.42 bits per heavy atom. The third-order valence-corrected chi connectivity index (χ3v) is 4.72. The molecule has 0 atom stereocenters. The molecule has 0 radical (unpaired) electrons. The van der Waals surface area contributed by atoms with Gasteiger partial charge in [-0.15, -0.1) is 0 Å². The Morgan fingerprint density at radius 1 is 1.15 bits per heavy atom. The van der Waals surface area contributed by atoms with Crippen molar-refractivity contribution in [3.05, 3.63) is 65.0 Å². The predicted molar refractivity (Wildman–Crippen MR) is 99.4 cm³/mol. The molecular weight excluding hydrogens is 333 g/mol. The third-order valence-electron chi connectivity index (χ3n) is 4.72. The second-order valence-electron chi connectivity index (χ2n) is 6.59. The van der Waals surface area contributed by atoms with E-state index in [4.69, 9.17) is 5.73 Å². The lowest BCUT2D eigenvalue weighted by atomic mass is 10.1. The van der Waals surface area contributed by atoms with Gasteiger partial charge in [-0.2, -0.15) is 0 Å². The van der Waals surface area contributed by atoms with E-state index in [1.807, 2.05) is 23.1 Å². The van der Waals surface area contributed by atoms with E-state index in [1.54, 1.807) is 18.2 Å². The normalized spacial score (nSPS) is 15.1. The van der Waals surface area contributed by atoms with Crippen LogP contribution in [0.1, 0.15) is 34.3 Å². The summed E-state index contributed by atoms with van der Waals surface area (Å²) in [6.07, 6.45) is 1.02. The number of nitrogens with one attached hydrogen (secondary N) is 1. The number of piperidine rings is 1. The summed E-state index contributed by atoms with van der Waals surface area (Å²) in [5.74, 6) is -0.511. The van der Waals surface area contributed by atoms with Gasteiger partial charge in [0.15, 0.2) is 0 Å². The molecule has 0 bridgehead atoms. The Hall–Kier alpha value is -2.44. The number of aliphatic hydroxyl groups is 1. The molecule has 1 fully saturated rings. The van der Waals surface area contributed by atoms with Crippen molar-refractivity contribution in [1.82, 2.24) is 5.32 Å². The standard InChI is InChI=1S/C20H24FN3O2/c21-18-11-15(3-6-19(18)24-9-7-17(25)8-10-24)13-23-20(26)16-4-1-14(12-22)2-5-16/h1-6,11,17,25H,7-10,12-13,22H2,(H,23,26). The molecule has 1 saturated heterocycles. The summed E-state index contributed by atoms with van der Waals surface area (Å²) in [5.41, 5.74) is 8.31. The molecule has 0 unspecified atom stereocenters. The van der Waals surface area contributed by atoms with E-state index in [9.17, 15) is 14.3 Å². The summed E-state index contributed by atoms with van der Waals surface area (Å²) in [7, 11) is 0. The average molecular weight is 357 g/mol. The lowest BCUT2D eigenvalue weighted by Gasteiger charge is -2.31. The molecule has 4 N–H and O–H groups in total. The number of aliphatic hydroxyl groups excluding tert-OH is 1. The summed E-state index contributed by atoms with van der Waals surface area (Å²) in [4.78, 5) is 14.1. The van der Waals surface area contributed by atoms with Crippen molar-refractivity contribution >= 4 is 11.6 Å². The maximum absolute atomic E-state index is 14.4. The van der Waals surface area contributed by atoms with Gasteiger partial charge < -0.3 is 21.1 Å². The lowest BCUT2D eigenvalue weighted by Crippen LogP contribution is -2.36. The number of amides is 1. The highest BCUT2D eigenvalue weighted by Crippen LogP contribution is 2.24. The van der Waals surface area contributed by atoms with Gasteiger partial charge in [0, 0.05) is 31.7 Å². The molecule has 2 aromatic rings. The molecule has 1 aliphatic heterocycles. The molecule has 138 valence electrons. The number of benzene rings is 2. The fourth-order valence-electron chi connectivity index (χ4n) is 3.10. The molecule has 5 nitrogen and oxygen atoms in total. The summed E-state index contributed by atoms with van der Waals surface area (Å²) in [6, 6.07) is 12.1. The first-order valence-corrected chi connectivity index (χ1v) is 8.85. The van der Waals surface area contributed by atoms with Crippen LogP contribution in [0.3, 0.4) is 0 Å². The minimum absolute atomic E-state index is 0.205. The molecule has 1 amide bonds. The number of hydrogen-bond acceptors (Lipinski definition) is 4. The summed E-state index contributed by atoms with van der Waals surface area (Å²) in [6.45, 7) is 1.98. The maximum Gasteiger partial charge on any atom is 0.251 e. The number of carbonyl (C=O) groups excluding carboxylic acids is 1. The maximum atomic E-state index is 14.4. The lowest BCUT2D eigenvalue weighted by molar-refractivity contribution is 0.0951. The highest BCUT2D eigenvalue weighted by molar-refractivity contribution is 5.94. The van der Waals surface area contributed by atoms with Crippen molar-refractivity contribution in [2.45, 2.75) is 32.0 Å². The molecule has 6 heteroatoms. The molecule has 3 rings (SSSR count). The molecular formula is C20H24FN3O2. The molecule has 0 spiro atoms. The van der Waals surface area contributed by atoms with Crippen LogP contribution in [0.2, 0.25) is 0 Å². The van der Waals surface area contributed by atoms with Gasteiger partial charge in [0.2, 0.25) is 0 Å². The van der Waals surface area contributed by atoms with Crippen LogP contribution in [0.25, 0.3) is 0 Å². The van der Waals surface area contributed by atoms with Crippen molar-refractivity contribution in [3.8, 4) is 0 Å². The van der Waals surface area contributed by atoms with Crippen molar-refractivity contribution in [2.75, 3.05) is 18.0 Å². The summed E-state index contributed by atoms with van der Waals surface area (Å²) < 4.78 is 14.4. The van der Waals surface area contributed by atoms with Crippen molar-refractivity contribution in [3.63, 3.8) is 0 Å². The van der Waals surface area contributed by atoms with Crippen LogP contribution in [0.15, 0.2) is 42.5 Å². The Bertz CT molecular complexity index is 756. The zero-order valence-electron chi connectivity index (χ0n) is 14.6. The SMILES string of the molecule is NCc1ccc(C(=O)NCc2ccc(N3CCC(O)CC3)c(F)c2)cc1. The average Bonchev–Trinajstić information content (AvgIpc) is 2.67. The van der Waals surface area contributed by atoms with Crippen LogP contribution in [0.5, 0.6) is 0 Å². The van der Waals surface area contributed by atoms with Gasteiger partial charge >= 0.3 is 0 Å². The molecule has 0 saturated carbocycles. The number of hydrogen-bond donors (Lipinski definition) is 3. The van der Waals surface area contributed by atoms with Gasteiger partial charge in [0.05, 0.1) is 11.8 Å². The quantitative estimate of drug-likeness (QED) is 0.766. The molecule has 2 aromatic carbocycles. The fraction of sp³-hybridized carbons (Fsp3) is 0.350. The van der Waals surface area contributed by atoms with E-state index >= 15 is 0 Å². The minimum atomic E-state index is -0.305. The minimum Gasteiger partial charge on any atom is -0.393 e. The number of nitrogens with two attached hydrogens (primary N) is 1. The molecule has 0 aliphatic carbocycles. The Labute approximate surface area is 152 Å². The monoisotopic (exact) mass is 357 g/mol. The topological polar surface area (TPSA) is 78.6 Å². The Balaban J connectivity index is 1.59. The largest absolute Gasteiger partial charge is 0.393 e. The second kappa shape index (κ2) is 8.29. The molecule has 26 heavy (non-hydrogen) atoms.